The summed E-state index contributed by atoms with van der Waals surface area (Å²) in [6, 6.07) is 4.71. The van der Waals surface area contributed by atoms with E-state index in [0.29, 0.717) is 22.3 Å². The van der Waals surface area contributed by atoms with Crippen molar-refractivity contribution >= 4 is 16.6 Å². The first kappa shape index (κ1) is 17.6. The van der Waals surface area contributed by atoms with Crippen molar-refractivity contribution in [3.8, 4) is 11.3 Å². The minimum atomic E-state index is -0.488. The molecule has 0 bridgehead atoms. The zero-order valence-corrected chi connectivity index (χ0v) is 14.6. The Labute approximate surface area is 147 Å². The lowest BCUT2D eigenvalue weighted by Gasteiger charge is -2.09. The standard InChI is InChI=1S/C17H18N4O5/c1-10-4-5-11(8-12(10)21(25)26)15-14-13(9-20(15)6-7-22)18(2)17(24)19(3)16(14)23/h4-5,8-9,22H,6-7H2,1-3H3. The molecule has 0 aliphatic rings. The van der Waals surface area contributed by atoms with Crippen LogP contribution in [0, 0.1) is 17.0 Å². The fraction of sp³-hybridized carbons (Fsp3) is 0.294. The Morgan fingerprint density at radius 2 is 1.88 bits per heavy atom. The molecule has 9 nitrogen and oxygen atoms in total. The Morgan fingerprint density at radius 1 is 1.19 bits per heavy atom. The van der Waals surface area contributed by atoms with Crippen LogP contribution in [0.25, 0.3) is 22.2 Å². The summed E-state index contributed by atoms with van der Waals surface area (Å²) in [5.41, 5.74) is 0.806. The van der Waals surface area contributed by atoms with E-state index in [1.54, 1.807) is 36.9 Å². The average molecular weight is 358 g/mol. The number of aliphatic hydroxyl groups is 1. The predicted molar refractivity (Wildman–Crippen MR) is 96.3 cm³/mol. The van der Waals surface area contributed by atoms with E-state index in [1.165, 1.54) is 17.7 Å². The van der Waals surface area contributed by atoms with Gasteiger partial charge < -0.3 is 9.67 Å². The highest BCUT2D eigenvalue weighted by molar-refractivity contribution is 5.94. The Hall–Kier alpha value is -3.20. The smallest absolute Gasteiger partial charge is 0.330 e. The van der Waals surface area contributed by atoms with Gasteiger partial charge in [-0.3, -0.25) is 24.0 Å². The van der Waals surface area contributed by atoms with Crippen LogP contribution >= 0.6 is 0 Å². The van der Waals surface area contributed by atoms with Crippen molar-refractivity contribution < 1.29 is 10.0 Å². The molecule has 1 aromatic carbocycles. The third kappa shape index (κ3) is 2.53. The van der Waals surface area contributed by atoms with Gasteiger partial charge in [0.15, 0.2) is 0 Å². The van der Waals surface area contributed by atoms with Crippen LogP contribution in [-0.4, -0.2) is 30.3 Å². The summed E-state index contributed by atoms with van der Waals surface area (Å²) in [7, 11) is 2.93. The molecule has 136 valence electrons. The minimum absolute atomic E-state index is 0.0611. The van der Waals surface area contributed by atoms with Crippen LogP contribution in [0.5, 0.6) is 0 Å². The number of nitro groups is 1. The first-order chi connectivity index (χ1) is 12.3. The normalized spacial score (nSPS) is 11.2. The second-order valence-corrected chi connectivity index (χ2v) is 6.12. The number of hydrogen-bond acceptors (Lipinski definition) is 5. The number of aliphatic hydroxyl groups excluding tert-OH is 1. The van der Waals surface area contributed by atoms with E-state index in [1.807, 2.05) is 0 Å². The molecular weight excluding hydrogens is 340 g/mol. The highest BCUT2D eigenvalue weighted by Crippen LogP contribution is 2.31. The second-order valence-electron chi connectivity index (χ2n) is 6.12. The quantitative estimate of drug-likeness (QED) is 0.550. The SMILES string of the molecule is Cc1ccc(-c2c3c(=O)n(C)c(=O)n(C)c3cn2CCO)cc1[N+](=O)[O-]. The molecule has 3 aromatic rings. The van der Waals surface area contributed by atoms with E-state index in [0.717, 1.165) is 4.57 Å². The van der Waals surface area contributed by atoms with Gasteiger partial charge in [-0.25, -0.2) is 4.79 Å². The van der Waals surface area contributed by atoms with Gasteiger partial charge in [-0.15, -0.1) is 0 Å². The first-order valence-corrected chi connectivity index (χ1v) is 7.93. The van der Waals surface area contributed by atoms with Crippen molar-refractivity contribution in [3.63, 3.8) is 0 Å². The van der Waals surface area contributed by atoms with Gasteiger partial charge in [-0.2, -0.15) is 0 Å². The average Bonchev–Trinajstić information content (AvgIpc) is 2.98. The third-order valence-electron chi connectivity index (χ3n) is 4.53. The van der Waals surface area contributed by atoms with Gasteiger partial charge in [0.25, 0.3) is 11.2 Å². The van der Waals surface area contributed by atoms with Gasteiger partial charge in [0.2, 0.25) is 0 Å². The maximum absolute atomic E-state index is 12.7. The van der Waals surface area contributed by atoms with Crippen LogP contribution in [-0.2, 0) is 20.6 Å². The van der Waals surface area contributed by atoms with Crippen LogP contribution in [0.4, 0.5) is 5.69 Å². The molecule has 26 heavy (non-hydrogen) atoms. The van der Waals surface area contributed by atoms with Crippen LogP contribution in [0.15, 0.2) is 34.0 Å². The van der Waals surface area contributed by atoms with E-state index in [9.17, 15) is 24.8 Å². The number of aryl methyl sites for hydroxylation is 2. The summed E-state index contributed by atoms with van der Waals surface area (Å²) in [6.07, 6.45) is 1.61. The first-order valence-electron chi connectivity index (χ1n) is 7.93. The van der Waals surface area contributed by atoms with Gasteiger partial charge in [0.1, 0.15) is 0 Å². The number of nitrogens with zero attached hydrogens (tertiary/aromatic N) is 4. The second kappa shape index (κ2) is 6.26. The molecule has 1 N–H and O–H groups in total. The number of aromatic nitrogens is 3. The summed E-state index contributed by atoms with van der Waals surface area (Å²) in [4.78, 5) is 35.7. The highest BCUT2D eigenvalue weighted by atomic mass is 16.6. The highest BCUT2D eigenvalue weighted by Gasteiger charge is 2.21. The molecule has 0 saturated carbocycles. The van der Waals surface area contributed by atoms with Crippen molar-refractivity contribution in [1.29, 1.82) is 0 Å². The van der Waals surface area contributed by atoms with Gasteiger partial charge >= 0.3 is 5.69 Å². The van der Waals surface area contributed by atoms with Gasteiger partial charge in [-0.1, -0.05) is 12.1 Å². The van der Waals surface area contributed by atoms with E-state index in [4.69, 9.17) is 0 Å². The molecule has 0 atom stereocenters. The monoisotopic (exact) mass is 358 g/mol. The Morgan fingerprint density at radius 3 is 2.50 bits per heavy atom. The van der Waals surface area contributed by atoms with Crippen LogP contribution in [0.3, 0.4) is 0 Å². The molecule has 0 unspecified atom stereocenters. The molecule has 2 heterocycles. The van der Waals surface area contributed by atoms with Gasteiger partial charge in [0, 0.05) is 44.0 Å². The fourth-order valence-corrected chi connectivity index (χ4v) is 3.14. The maximum atomic E-state index is 12.7. The minimum Gasteiger partial charge on any atom is -0.395 e. The lowest BCUT2D eigenvalue weighted by Crippen LogP contribution is -2.36. The van der Waals surface area contributed by atoms with Crippen molar-refractivity contribution in [2.75, 3.05) is 6.61 Å². The summed E-state index contributed by atoms with van der Waals surface area (Å²) in [6.45, 7) is 1.63. The number of benzene rings is 1. The maximum Gasteiger partial charge on any atom is 0.330 e. The largest absolute Gasteiger partial charge is 0.395 e. The molecule has 0 radical (unpaired) electrons. The summed E-state index contributed by atoms with van der Waals surface area (Å²) in [5, 5.41) is 20.9. The molecule has 9 heteroatoms. The van der Waals surface area contributed by atoms with E-state index in [2.05, 4.69) is 0 Å². The number of nitro benzene ring substituents is 1. The van der Waals surface area contributed by atoms with Crippen LogP contribution in [0.2, 0.25) is 0 Å². The molecule has 0 saturated heterocycles. The number of fused-ring (bicyclic) bond motifs is 1. The van der Waals surface area contributed by atoms with Crippen LogP contribution < -0.4 is 11.2 Å². The Balaban J connectivity index is 2.48. The third-order valence-corrected chi connectivity index (χ3v) is 4.53. The molecular formula is C17H18N4O5. The fourth-order valence-electron chi connectivity index (χ4n) is 3.14. The molecule has 0 aliphatic heterocycles. The Kier molecular flexibility index (Phi) is 4.25. The topological polar surface area (TPSA) is 112 Å². The molecule has 0 fully saturated rings. The van der Waals surface area contributed by atoms with E-state index < -0.39 is 16.2 Å². The molecule has 3 rings (SSSR count). The van der Waals surface area contributed by atoms with E-state index in [-0.39, 0.29) is 24.2 Å². The van der Waals surface area contributed by atoms with Crippen molar-refractivity contribution in [3.05, 3.63) is 60.9 Å². The van der Waals surface area contributed by atoms with Crippen molar-refractivity contribution in [1.82, 2.24) is 13.7 Å². The summed E-state index contributed by atoms with van der Waals surface area (Å²) >= 11 is 0. The van der Waals surface area contributed by atoms with Gasteiger partial charge in [0.05, 0.1) is 28.1 Å². The zero-order valence-electron chi connectivity index (χ0n) is 14.6. The molecule has 0 spiro atoms. The summed E-state index contributed by atoms with van der Waals surface area (Å²) < 4.78 is 3.98. The zero-order chi connectivity index (χ0) is 19.2. The lowest BCUT2D eigenvalue weighted by atomic mass is 10.1. The van der Waals surface area contributed by atoms with Crippen molar-refractivity contribution in [2.45, 2.75) is 13.5 Å². The molecule has 0 amide bonds. The Bertz CT molecular complexity index is 1150. The van der Waals surface area contributed by atoms with Crippen LogP contribution in [0.1, 0.15) is 5.56 Å². The predicted octanol–water partition coefficient (Wildman–Crippen LogP) is 0.915. The van der Waals surface area contributed by atoms with Gasteiger partial charge in [-0.05, 0) is 6.92 Å². The lowest BCUT2D eigenvalue weighted by molar-refractivity contribution is -0.385. The molecule has 0 aliphatic carbocycles. The number of rotatable bonds is 4. The molecule has 2 aromatic heterocycles. The van der Waals surface area contributed by atoms with Crippen molar-refractivity contribution in [2.24, 2.45) is 14.1 Å². The van der Waals surface area contributed by atoms with E-state index >= 15 is 0 Å². The summed E-state index contributed by atoms with van der Waals surface area (Å²) in [5.74, 6) is 0. The number of hydrogen-bond donors (Lipinski definition) is 1.